The van der Waals surface area contributed by atoms with Crippen LogP contribution >= 0.6 is 0 Å². The average molecular weight is 268 g/mol. The van der Waals surface area contributed by atoms with Gasteiger partial charge in [0.2, 0.25) is 0 Å². The van der Waals surface area contributed by atoms with Gasteiger partial charge in [-0.1, -0.05) is 0 Å². The lowest BCUT2D eigenvalue weighted by Gasteiger charge is -2.27. The van der Waals surface area contributed by atoms with Crippen molar-refractivity contribution in [2.45, 2.75) is 32.9 Å². The van der Waals surface area contributed by atoms with Gasteiger partial charge in [0.25, 0.3) is 0 Å². The molecule has 1 atom stereocenters. The Labute approximate surface area is 112 Å². The van der Waals surface area contributed by atoms with E-state index in [4.69, 9.17) is 5.11 Å². The van der Waals surface area contributed by atoms with Gasteiger partial charge in [-0.15, -0.1) is 0 Å². The largest absolute Gasteiger partial charge is 0.481 e. The molecule has 19 heavy (non-hydrogen) atoms. The summed E-state index contributed by atoms with van der Waals surface area (Å²) >= 11 is 0. The fourth-order valence-electron chi connectivity index (χ4n) is 1.84. The lowest BCUT2D eigenvalue weighted by molar-refractivity contribution is -0.138. The molecule has 0 fully saturated rings. The van der Waals surface area contributed by atoms with E-state index in [0.717, 1.165) is 5.69 Å². The standard InChI is InChI=1S/C12H20N4O3/c1-4-16(9(2)7-11(17)18)12(19)13-8-10-5-6-15(3)14-10/h5-6,9H,4,7-8H2,1-3H3,(H,13,19)(H,17,18). The van der Waals surface area contributed by atoms with E-state index in [1.165, 1.54) is 4.90 Å². The van der Waals surface area contributed by atoms with Crippen molar-refractivity contribution in [2.75, 3.05) is 6.54 Å². The number of aliphatic carboxylic acids is 1. The molecule has 7 heteroatoms. The number of aryl methyl sites for hydroxylation is 1. The maximum atomic E-state index is 12.0. The van der Waals surface area contributed by atoms with Crippen LogP contribution in [0.1, 0.15) is 26.0 Å². The predicted molar refractivity (Wildman–Crippen MR) is 69.5 cm³/mol. The highest BCUT2D eigenvalue weighted by Crippen LogP contribution is 2.04. The van der Waals surface area contributed by atoms with Crippen molar-refractivity contribution in [2.24, 2.45) is 7.05 Å². The van der Waals surface area contributed by atoms with E-state index < -0.39 is 5.97 Å². The fraction of sp³-hybridized carbons (Fsp3) is 0.583. The Kier molecular flexibility index (Phi) is 5.35. The number of hydrogen-bond acceptors (Lipinski definition) is 3. The highest BCUT2D eigenvalue weighted by molar-refractivity contribution is 5.75. The van der Waals surface area contributed by atoms with Crippen LogP contribution in [0.5, 0.6) is 0 Å². The number of carbonyl (C=O) groups is 2. The molecule has 0 bridgehead atoms. The summed E-state index contributed by atoms with van der Waals surface area (Å²) in [6.45, 7) is 4.33. The smallest absolute Gasteiger partial charge is 0.317 e. The second kappa shape index (κ2) is 6.77. The van der Waals surface area contributed by atoms with Crippen LogP contribution in [0.2, 0.25) is 0 Å². The predicted octanol–water partition coefficient (Wildman–Crippen LogP) is 0.815. The maximum absolute atomic E-state index is 12.0. The molecule has 1 rings (SSSR count). The van der Waals surface area contributed by atoms with Gasteiger partial charge in [-0.25, -0.2) is 4.79 Å². The van der Waals surface area contributed by atoms with E-state index in [0.29, 0.717) is 13.1 Å². The molecular formula is C12H20N4O3. The Morgan fingerprint density at radius 1 is 1.58 bits per heavy atom. The van der Waals surface area contributed by atoms with Crippen LogP contribution in [0, 0.1) is 0 Å². The van der Waals surface area contributed by atoms with E-state index in [1.54, 1.807) is 24.9 Å². The molecule has 0 aromatic carbocycles. The van der Waals surface area contributed by atoms with Crippen molar-refractivity contribution in [1.82, 2.24) is 20.0 Å². The van der Waals surface area contributed by atoms with Crippen molar-refractivity contribution in [3.63, 3.8) is 0 Å². The van der Waals surface area contributed by atoms with Crippen molar-refractivity contribution < 1.29 is 14.7 Å². The minimum Gasteiger partial charge on any atom is -0.481 e. The SMILES string of the molecule is CCN(C(=O)NCc1ccn(C)n1)C(C)CC(=O)O. The monoisotopic (exact) mass is 268 g/mol. The fourth-order valence-corrected chi connectivity index (χ4v) is 1.84. The molecule has 0 saturated carbocycles. The van der Waals surface area contributed by atoms with Crippen LogP contribution in [-0.4, -0.2) is 44.4 Å². The molecule has 0 aliphatic rings. The number of hydrogen-bond donors (Lipinski definition) is 2. The molecule has 1 heterocycles. The number of amides is 2. The van der Waals surface area contributed by atoms with Gasteiger partial charge < -0.3 is 15.3 Å². The van der Waals surface area contributed by atoms with Gasteiger partial charge in [-0.2, -0.15) is 5.10 Å². The zero-order valence-corrected chi connectivity index (χ0v) is 11.5. The van der Waals surface area contributed by atoms with Crippen molar-refractivity contribution in [3.05, 3.63) is 18.0 Å². The molecular weight excluding hydrogens is 248 g/mol. The van der Waals surface area contributed by atoms with Gasteiger partial charge in [-0.05, 0) is 19.9 Å². The molecule has 0 aliphatic carbocycles. The summed E-state index contributed by atoms with van der Waals surface area (Å²) in [6, 6.07) is 1.20. The lowest BCUT2D eigenvalue weighted by Crippen LogP contribution is -2.45. The summed E-state index contributed by atoms with van der Waals surface area (Å²) in [4.78, 5) is 24.1. The lowest BCUT2D eigenvalue weighted by atomic mass is 10.2. The molecule has 2 N–H and O–H groups in total. The maximum Gasteiger partial charge on any atom is 0.317 e. The van der Waals surface area contributed by atoms with E-state index in [2.05, 4.69) is 10.4 Å². The Hall–Kier alpha value is -2.05. The minimum atomic E-state index is -0.913. The minimum absolute atomic E-state index is 0.0646. The topological polar surface area (TPSA) is 87.5 Å². The molecule has 0 aliphatic heterocycles. The summed E-state index contributed by atoms with van der Waals surface area (Å²) in [6.07, 6.45) is 1.73. The number of aromatic nitrogens is 2. The molecule has 1 aromatic heterocycles. The first kappa shape index (κ1) is 15.0. The van der Waals surface area contributed by atoms with E-state index in [1.807, 2.05) is 13.0 Å². The number of nitrogens with one attached hydrogen (secondary N) is 1. The average Bonchev–Trinajstić information content (AvgIpc) is 2.72. The number of rotatable bonds is 6. The van der Waals surface area contributed by atoms with Crippen LogP contribution in [0.3, 0.4) is 0 Å². The highest BCUT2D eigenvalue weighted by Gasteiger charge is 2.20. The highest BCUT2D eigenvalue weighted by atomic mass is 16.4. The Bertz CT molecular complexity index is 444. The Morgan fingerprint density at radius 2 is 2.26 bits per heavy atom. The van der Waals surface area contributed by atoms with Gasteiger partial charge in [-0.3, -0.25) is 9.48 Å². The van der Waals surface area contributed by atoms with Gasteiger partial charge in [0.15, 0.2) is 0 Å². The second-order valence-corrected chi connectivity index (χ2v) is 4.37. The van der Waals surface area contributed by atoms with E-state index >= 15 is 0 Å². The first-order valence-corrected chi connectivity index (χ1v) is 6.18. The molecule has 1 unspecified atom stereocenters. The summed E-state index contributed by atoms with van der Waals surface area (Å²) in [7, 11) is 1.80. The second-order valence-electron chi connectivity index (χ2n) is 4.37. The third-order valence-electron chi connectivity index (χ3n) is 2.79. The molecule has 106 valence electrons. The van der Waals surface area contributed by atoms with Crippen molar-refractivity contribution in [3.8, 4) is 0 Å². The first-order chi connectivity index (χ1) is 8.93. The van der Waals surface area contributed by atoms with Crippen LogP contribution in [0.25, 0.3) is 0 Å². The summed E-state index contributed by atoms with van der Waals surface area (Å²) in [5.41, 5.74) is 0.762. The van der Waals surface area contributed by atoms with Crippen LogP contribution in [0.15, 0.2) is 12.3 Å². The number of carboxylic acids is 1. The molecule has 7 nitrogen and oxygen atoms in total. The zero-order valence-electron chi connectivity index (χ0n) is 11.5. The van der Waals surface area contributed by atoms with Crippen LogP contribution < -0.4 is 5.32 Å². The van der Waals surface area contributed by atoms with Gasteiger partial charge in [0.05, 0.1) is 18.7 Å². The zero-order chi connectivity index (χ0) is 14.4. The molecule has 1 aromatic rings. The molecule has 0 spiro atoms. The van der Waals surface area contributed by atoms with E-state index in [9.17, 15) is 9.59 Å². The summed E-state index contributed by atoms with van der Waals surface area (Å²) in [5.74, 6) is -0.913. The summed E-state index contributed by atoms with van der Waals surface area (Å²) < 4.78 is 1.66. The van der Waals surface area contributed by atoms with Gasteiger partial charge in [0, 0.05) is 25.8 Å². The summed E-state index contributed by atoms with van der Waals surface area (Å²) in [5, 5.41) is 15.6. The van der Waals surface area contributed by atoms with Crippen molar-refractivity contribution >= 4 is 12.0 Å². The number of carbonyl (C=O) groups excluding carboxylic acids is 1. The quantitative estimate of drug-likeness (QED) is 0.799. The van der Waals surface area contributed by atoms with Crippen LogP contribution in [-0.2, 0) is 18.4 Å². The van der Waals surface area contributed by atoms with Gasteiger partial charge in [0.1, 0.15) is 0 Å². The Morgan fingerprint density at radius 3 is 2.74 bits per heavy atom. The normalized spacial score (nSPS) is 11.9. The Balaban J connectivity index is 2.51. The number of urea groups is 1. The third-order valence-corrected chi connectivity index (χ3v) is 2.79. The molecule has 0 radical (unpaired) electrons. The number of carboxylic acid groups (broad SMARTS) is 1. The van der Waals surface area contributed by atoms with E-state index in [-0.39, 0.29) is 18.5 Å². The third kappa shape index (κ3) is 4.61. The van der Waals surface area contributed by atoms with Gasteiger partial charge >= 0.3 is 12.0 Å². The number of nitrogens with zero attached hydrogens (tertiary/aromatic N) is 3. The molecule has 0 saturated heterocycles. The van der Waals surface area contributed by atoms with Crippen LogP contribution in [0.4, 0.5) is 4.79 Å². The first-order valence-electron chi connectivity index (χ1n) is 6.18. The molecule has 2 amide bonds. The van der Waals surface area contributed by atoms with Crippen molar-refractivity contribution in [1.29, 1.82) is 0 Å².